The van der Waals surface area contributed by atoms with Crippen molar-refractivity contribution in [3.63, 3.8) is 0 Å². The minimum absolute atomic E-state index is 0.346. The van der Waals surface area contributed by atoms with Crippen LogP contribution in [0.1, 0.15) is 18.4 Å². The van der Waals surface area contributed by atoms with Crippen LogP contribution in [0.5, 0.6) is 0 Å². The Hall–Kier alpha value is -1.22. The fourth-order valence-corrected chi connectivity index (χ4v) is 1.25. The van der Waals surface area contributed by atoms with Crippen molar-refractivity contribution in [1.82, 2.24) is 0 Å². The molecule has 0 amide bonds. The van der Waals surface area contributed by atoms with E-state index < -0.39 is 11.9 Å². The van der Waals surface area contributed by atoms with Crippen LogP contribution in [0, 0.1) is 0 Å². The van der Waals surface area contributed by atoms with Gasteiger partial charge in [0, 0.05) is 0 Å². The van der Waals surface area contributed by atoms with E-state index in [0.29, 0.717) is 16.3 Å². The maximum Gasteiger partial charge on any atom is 0.310 e. The van der Waals surface area contributed by atoms with Crippen LogP contribution in [0.2, 0.25) is 5.02 Å². The van der Waals surface area contributed by atoms with Crippen LogP contribution in [0.3, 0.4) is 0 Å². The van der Waals surface area contributed by atoms with Gasteiger partial charge in [-0.05, 0) is 18.6 Å². The minimum atomic E-state index is -0.908. The number of rotatable bonds is 2. The first kappa shape index (κ1) is 9.86. The molecule has 3 N–H and O–H groups in total. The summed E-state index contributed by atoms with van der Waals surface area (Å²) in [6, 6.07) is 4.99. The van der Waals surface area contributed by atoms with Crippen LogP contribution in [0.4, 0.5) is 5.69 Å². The Kier molecular flexibility index (Phi) is 2.78. The van der Waals surface area contributed by atoms with Crippen LogP contribution < -0.4 is 5.73 Å². The number of nitrogens with two attached hydrogens (primary N) is 1. The van der Waals surface area contributed by atoms with Crippen molar-refractivity contribution in [3.05, 3.63) is 28.8 Å². The van der Waals surface area contributed by atoms with E-state index in [4.69, 9.17) is 22.4 Å². The number of halogens is 1. The first-order valence-corrected chi connectivity index (χ1v) is 4.18. The highest BCUT2D eigenvalue weighted by Gasteiger charge is 2.17. The van der Waals surface area contributed by atoms with Gasteiger partial charge in [-0.25, -0.2) is 0 Å². The van der Waals surface area contributed by atoms with E-state index in [0.717, 1.165) is 0 Å². The van der Waals surface area contributed by atoms with Crippen molar-refractivity contribution < 1.29 is 9.90 Å². The third-order valence-corrected chi connectivity index (χ3v) is 2.25. The average Bonchev–Trinajstić information content (AvgIpc) is 2.08. The molecule has 70 valence electrons. The number of para-hydroxylation sites is 1. The third kappa shape index (κ3) is 1.92. The van der Waals surface area contributed by atoms with Gasteiger partial charge in [0.2, 0.25) is 0 Å². The van der Waals surface area contributed by atoms with Crippen LogP contribution in [-0.4, -0.2) is 11.1 Å². The van der Waals surface area contributed by atoms with E-state index in [2.05, 4.69) is 0 Å². The van der Waals surface area contributed by atoms with Crippen LogP contribution in [-0.2, 0) is 4.79 Å². The van der Waals surface area contributed by atoms with Gasteiger partial charge in [0.15, 0.2) is 0 Å². The van der Waals surface area contributed by atoms with Gasteiger partial charge in [-0.1, -0.05) is 23.7 Å². The number of nitrogen functional groups attached to an aromatic ring is 1. The molecule has 1 rings (SSSR count). The number of hydrogen-bond donors (Lipinski definition) is 2. The van der Waals surface area contributed by atoms with Gasteiger partial charge in [0.1, 0.15) is 0 Å². The van der Waals surface area contributed by atoms with Crippen LogP contribution >= 0.6 is 11.6 Å². The molecule has 13 heavy (non-hydrogen) atoms. The van der Waals surface area contributed by atoms with Crippen molar-refractivity contribution in [2.24, 2.45) is 0 Å². The maximum absolute atomic E-state index is 10.7. The molecule has 1 atom stereocenters. The summed E-state index contributed by atoms with van der Waals surface area (Å²) in [4.78, 5) is 10.7. The second kappa shape index (κ2) is 3.66. The molecule has 0 fully saturated rings. The molecule has 3 nitrogen and oxygen atoms in total. The van der Waals surface area contributed by atoms with Gasteiger partial charge < -0.3 is 10.8 Å². The first-order chi connectivity index (χ1) is 6.04. The summed E-state index contributed by atoms with van der Waals surface area (Å²) in [6.45, 7) is 1.57. The molecular weight excluding hydrogens is 190 g/mol. The molecule has 0 saturated carbocycles. The van der Waals surface area contributed by atoms with Gasteiger partial charge in [-0.15, -0.1) is 0 Å². The van der Waals surface area contributed by atoms with Crippen molar-refractivity contribution in [1.29, 1.82) is 0 Å². The van der Waals surface area contributed by atoms with Crippen LogP contribution in [0.15, 0.2) is 18.2 Å². The zero-order chi connectivity index (χ0) is 10.0. The van der Waals surface area contributed by atoms with Crippen molar-refractivity contribution in [3.8, 4) is 0 Å². The molecule has 1 unspecified atom stereocenters. The van der Waals surface area contributed by atoms with Gasteiger partial charge >= 0.3 is 5.97 Å². The van der Waals surface area contributed by atoms with E-state index in [9.17, 15) is 4.79 Å². The lowest BCUT2D eigenvalue weighted by atomic mass is 10.00. The average molecular weight is 200 g/mol. The number of aliphatic carboxylic acids is 1. The zero-order valence-electron chi connectivity index (χ0n) is 7.12. The highest BCUT2D eigenvalue weighted by Crippen LogP contribution is 2.28. The van der Waals surface area contributed by atoms with E-state index >= 15 is 0 Å². The zero-order valence-corrected chi connectivity index (χ0v) is 7.88. The van der Waals surface area contributed by atoms with Gasteiger partial charge in [-0.2, -0.15) is 0 Å². The Balaban J connectivity index is 3.15. The largest absolute Gasteiger partial charge is 0.481 e. The lowest BCUT2D eigenvalue weighted by molar-refractivity contribution is -0.138. The summed E-state index contributed by atoms with van der Waals surface area (Å²) >= 11 is 5.74. The molecule has 0 bridgehead atoms. The Morgan fingerprint density at radius 2 is 2.23 bits per heavy atom. The number of benzene rings is 1. The highest BCUT2D eigenvalue weighted by atomic mass is 35.5. The Bertz CT molecular complexity index is 338. The quantitative estimate of drug-likeness (QED) is 0.718. The molecule has 1 aromatic carbocycles. The van der Waals surface area contributed by atoms with Gasteiger partial charge in [-0.3, -0.25) is 4.79 Å². The molecule has 0 heterocycles. The van der Waals surface area contributed by atoms with Crippen molar-refractivity contribution in [2.75, 3.05) is 5.73 Å². The first-order valence-electron chi connectivity index (χ1n) is 3.80. The smallest absolute Gasteiger partial charge is 0.310 e. The summed E-state index contributed by atoms with van der Waals surface area (Å²) in [5.74, 6) is -1.53. The molecule has 0 aliphatic heterocycles. The predicted octanol–water partition coefficient (Wildman–Crippen LogP) is 2.11. The second-order valence-corrected chi connectivity index (χ2v) is 3.21. The summed E-state index contributed by atoms with van der Waals surface area (Å²) in [7, 11) is 0. The lowest BCUT2D eigenvalue weighted by Crippen LogP contribution is -2.09. The molecule has 0 spiro atoms. The molecule has 0 aromatic heterocycles. The number of carboxylic acid groups (broad SMARTS) is 1. The summed E-state index contributed by atoms with van der Waals surface area (Å²) < 4.78 is 0. The normalized spacial score (nSPS) is 12.5. The number of carbonyl (C=O) groups is 1. The molecule has 0 radical (unpaired) electrons. The number of carboxylic acids is 1. The highest BCUT2D eigenvalue weighted by molar-refractivity contribution is 6.33. The third-order valence-electron chi connectivity index (χ3n) is 1.92. The fraction of sp³-hybridized carbons (Fsp3) is 0.222. The Labute approximate surface area is 81.1 Å². The van der Waals surface area contributed by atoms with Gasteiger partial charge in [0.05, 0.1) is 16.6 Å². The van der Waals surface area contributed by atoms with Crippen molar-refractivity contribution in [2.45, 2.75) is 12.8 Å². The lowest BCUT2D eigenvalue weighted by Gasteiger charge is -2.10. The second-order valence-electron chi connectivity index (χ2n) is 2.80. The molecule has 1 aromatic rings. The van der Waals surface area contributed by atoms with Crippen molar-refractivity contribution >= 4 is 23.3 Å². The van der Waals surface area contributed by atoms with E-state index in [1.54, 1.807) is 25.1 Å². The monoisotopic (exact) mass is 199 g/mol. The fourth-order valence-electron chi connectivity index (χ4n) is 1.06. The number of hydrogen-bond acceptors (Lipinski definition) is 2. The number of anilines is 1. The standard InChI is InChI=1S/C9H10ClNO2/c1-5(9(12)13)6-3-2-4-7(10)8(6)11/h2-5H,11H2,1H3,(H,12,13). The summed E-state index contributed by atoms with van der Waals surface area (Å²) in [5, 5.41) is 9.15. The SMILES string of the molecule is CC(C(=O)O)c1cccc(Cl)c1N. The van der Waals surface area contributed by atoms with E-state index in [-0.39, 0.29) is 0 Å². The predicted molar refractivity (Wildman–Crippen MR) is 51.9 cm³/mol. The van der Waals surface area contributed by atoms with E-state index in [1.807, 2.05) is 0 Å². The molecule has 0 aliphatic rings. The Morgan fingerprint density at radius 1 is 1.62 bits per heavy atom. The van der Waals surface area contributed by atoms with Crippen LogP contribution in [0.25, 0.3) is 0 Å². The molecule has 4 heteroatoms. The summed E-state index contributed by atoms with van der Waals surface area (Å²) in [6.07, 6.45) is 0. The Morgan fingerprint density at radius 3 is 2.77 bits per heavy atom. The van der Waals surface area contributed by atoms with E-state index in [1.165, 1.54) is 0 Å². The van der Waals surface area contributed by atoms with Gasteiger partial charge in [0.25, 0.3) is 0 Å². The topological polar surface area (TPSA) is 63.3 Å². The maximum atomic E-state index is 10.7. The molecule has 0 aliphatic carbocycles. The summed E-state index contributed by atoms with van der Waals surface area (Å²) in [5.41, 5.74) is 6.53. The molecular formula is C9H10ClNO2. The minimum Gasteiger partial charge on any atom is -0.481 e. The molecule has 0 saturated heterocycles.